The SMILES string of the molecule is C[C@@H](N)C(=O)N[C@H](C)C(=O)NCC[C@H]1C(SCCC#N)=C(C(=O)O)N2C(=O)[C@H]([C@@H](C)O)C12. The van der Waals surface area contributed by atoms with Crippen LogP contribution in [0.15, 0.2) is 10.6 Å². The molecule has 0 aromatic rings. The molecular weight excluding hydrogens is 438 g/mol. The molecule has 3 amide bonds. The number of amides is 3. The van der Waals surface area contributed by atoms with Crippen LogP contribution in [0.4, 0.5) is 0 Å². The smallest absolute Gasteiger partial charge is 0.353 e. The maximum atomic E-state index is 12.5. The molecule has 6 atom stereocenters. The van der Waals surface area contributed by atoms with Gasteiger partial charge in [-0.25, -0.2) is 4.79 Å². The Labute approximate surface area is 190 Å². The number of carbonyl (C=O) groups excluding carboxylic acids is 3. The maximum absolute atomic E-state index is 12.5. The van der Waals surface area contributed by atoms with Crippen LogP contribution >= 0.6 is 11.8 Å². The number of β-lactam (4-membered cyclic amide) rings is 1. The number of nitrogens with zero attached hydrogens (tertiary/aromatic N) is 2. The van der Waals surface area contributed by atoms with Gasteiger partial charge >= 0.3 is 5.97 Å². The van der Waals surface area contributed by atoms with Gasteiger partial charge in [0.2, 0.25) is 17.7 Å². The van der Waals surface area contributed by atoms with E-state index in [2.05, 4.69) is 10.6 Å². The van der Waals surface area contributed by atoms with Gasteiger partial charge in [0.15, 0.2) is 0 Å². The minimum Gasteiger partial charge on any atom is -0.477 e. The average Bonchev–Trinajstić information content (AvgIpc) is 2.97. The number of nitrogens with two attached hydrogens (primary N) is 1. The molecule has 2 rings (SSSR count). The first-order valence-electron chi connectivity index (χ1n) is 10.3. The fourth-order valence-electron chi connectivity index (χ4n) is 3.97. The number of nitrogens with one attached hydrogen (secondary N) is 2. The fourth-order valence-corrected chi connectivity index (χ4v) is 5.18. The Hall–Kier alpha value is -2.62. The second kappa shape index (κ2) is 10.8. The van der Waals surface area contributed by atoms with Crippen LogP contribution in [0.5, 0.6) is 0 Å². The Kier molecular flexibility index (Phi) is 8.65. The molecule has 11 nitrogen and oxygen atoms in total. The largest absolute Gasteiger partial charge is 0.477 e. The predicted molar refractivity (Wildman–Crippen MR) is 116 cm³/mol. The molecule has 1 fully saturated rings. The van der Waals surface area contributed by atoms with Gasteiger partial charge in [-0.1, -0.05) is 0 Å². The van der Waals surface area contributed by atoms with E-state index in [1.54, 1.807) is 0 Å². The topological polar surface area (TPSA) is 186 Å². The standard InChI is InChI=1S/C20H29N5O6S/c1-9(22)17(27)24-10(2)18(28)23-7-5-12-14-13(11(3)26)19(29)25(14)15(20(30)31)16(12)32-8-4-6-21/h9-14,26H,4-5,7-8,22H2,1-3H3,(H,23,28)(H,24,27)(H,30,31)/t9-,10-,11-,12-,13-,14?/m1/s1. The number of aliphatic hydroxyl groups excluding tert-OH is 1. The highest BCUT2D eigenvalue weighted by Gasteiger charge is 2.60. The van der Waals surface area contributed by atoms with Crippen molar-refractivity contribution in [2.45, 2.75) is 57.8 Å². The molecule has 0 radical (unpaired) electrons. The molecule has 0 spiro atoms. The van der Waals surface area contributed by atoms with Crippen molar-refractivity contribution in [2.75, 3.05) is 12.3 Å². The number of nitriles is 1. The van der Waals surface area contributed by atoms with Gasteiger partial charge in [0.1, 0.15) is 11.7 Å². The molecular formula is C20H29N5O6S. The van der Waals surface area contributed by atoms with Gasteiger partial charge < -0.3 is 31.5 Å². The van der Waals surface area contributed by atoms with Crippen LogP contribution < -0.4 is 16.4 Å². The van der Waals surface area contributed by atoms with Crippen LogP contribution in [0, 0.1) is 23.2 Å². The number of aliphatic hydroxyl groups is 1. The lowest BCUT2D eigenvalue weighted by atomic mass is 9.77. The monoisotopic (exact) mass is 467 g/mol. The average molecular weight is 468 g/mol. The number of carbonyl (C=O) groups is 4. The minimum atomic E-state index is -1.24. The summed E-state index contributed by atoms with van der Waals surface area (Å²) in [6.07, 6.45) is -0.421. The van der Waals surface area contributed by atoms with E-state index >= 15 is 0 Å². The Morgan fingerprint density at radius 1 is 1.28 bits per heavy atom. The molecule has 1 saturated heterocycles. The fraction of sp³-hybridized carbons (Fsp3) is 0.650. The third kappa shape index (κ3) is 5.23. The molecule has 2 heterocycles. The summed E-state index contributed by atoms with van der Waals surface area (Å²) < 4.78 is 0. The molecule has 0 aromatic heterocycles. The predicted octanol–water partition coefficient (Wildman–Crippen LogP) is -0.875. The first-order valence-corrected chi connectivity index (χ1v) is 11.3. The highest BCUT2D eigenvalue weighted by atomic mass is 32.2. The number of carboxylic acid groups (broad SMARTS) is 1. The van der Waals surface area contributed by atoms with E-state index in [1.807, 2.05) is 6.07 Å². The first-order chi connectivity index (χ1) is 15.0. The summed E-state index contributed by atoms with van der Waals surface area (Å²) in [5, 5.41) is 33.8. The van der Waals surface area contributed by atoms with Crippen LogP contribution in [-0.4, -0.2) is 75.3 Å². The van der Waals surface area contributed by atoms with Crippen molar-refractivity contribution in [1.82, 2.24) is 15.5 Å². The zero-order chi connectivity index (χ0) is 24.2. The lowest BCUT2D eigenvalue weighted by Crippen LogP contribution is -2.64. The van der Waals surface area contributed by atoms with Gasteiger partial charge in [0.25, 0.3) is 0 Å². The van der Waals surface area contributed by atoms with Gasteiger partial charge in [-0.15, -0.1) is 11.8 Å². The minimum absolute atomic E-state index is 0.117. The van der Waals surface area contributed by atoms with Crippen molar-refractivity contribution in [3.8, 4) is 6.07 Å². The summed E-state index contributed by atoms with van der Waals surface area (Å²) in [5.74, 6) is -3.35. The number of hydrogen-bond acceptors (Lipinski definition) is 8. The summed E-state index contributed by atoms with van der Waals surface area (Å²) in [7, 11) is 0. The van der Waals surface area contributed by atoms with Gasteiger partial charge in [-0.3, -0.25) is 14.4 Å². The van der Waals surface area contributed by atoms with E-state index in [0.717, 1.165) is 0 Å². The summed E-state index contributed by atoms with van der Waals surface area (Å²) in [4.78, 5) is 50.1. The first kappa shape index (κ1) is 25.6. The van der Waals surface area contributed by atoms with E-state index in [9.17, 15) is 29.4 Å². The Balaban J connectivity index is 2.14. The van der Waals surface area contributed by atoms with E-state index in [4.69, 9.17) is 11.0 Å². The second-order valence-corrected chi connectivity index (χ2v) is 9.08. The Bertz CT molecular complexity index is 852. The van der Waals surface area contributed by atoms with E-state index in [-0.39, 0.29) is 18.7 Å². The van der Waals surface area contributed by atoms with E-state index in [0.29, 0.717) is 17.1 Å². The third-order valence-corrected chi connectivity index (χ3v) is 6.74. The molecule has 32 heavy (non-hydrogen) atoms. The summed E-state index contributed by atoms with van der Waals surface area (Å²) in [6.45, 7) is 4.68. The van der Waals surface area contributed by atoms with Crippen molar-refractivity contribution < 1.29 is 29.4 Å². The van der Waals surface area contributed by atoms with Crippen molar-refractivity contribution in [2.24, 2.45) is 17.6 Å². The molecule has 2 aliphatic heterocycles. The molecule has 12 heteroatoms. The van der Waals surface area contributed by atoms with Crippen LogP contribution in [-0.2, 0) is 19.2 Å². The number of hydrogen-bond donors (Lipinski definition) is 5. The highest BCUT2D eigenvalue weighted by Crippen LogP contribution is 2.51. The van der Waals surface area contributed by atoms with Crippen molar-refractivity contribution >= 4 is 35.5 Å². The summed E-state index contributed by atoms with van der Waals surface area (Å²) in [6, 6.07) is -0.0769. The lowest BCUT2D eigenvalue weighted by molar-refractivity contribution is -0.163. The molecule has 0 aliphatic carbocycles. The van der Waals surface area contributed by atoms with Crippen molar-refractivity contribution in [1.29, 1.82) is 5.26 Å². The lowest BCUT2D eigenvalue weighted by Gasteiger charge is -2.47. The third-order valence-electron chi connectivity index (χ3n) is 5.53. The van der Waals surface area contributed by atoms with Gasteiger partial charge in [-0.2, -0.15) is 5.26 Å². The maximum Gasteiger partial charge on any atom is 0.353 e. The van der Waals surface area contributed by atoms with Crippen molar-refractivity contribution in [3.05, 3.63) is 10.6 Å². The van der Waals surface area contributed by atoms with Gasteiger partial charge in [0.05, 0.1) is 30.2 Å². The normalized spacial score (nSPS) is 24.7. The van der Waals surface area contributed by atoms with Crippen molar-refractivity contribution in [3.63, 3.8) is 0 Å². The Morgan fingerprint density at radius 2 is 1.94 bits per heavy atom. The summed E-state index contributed by atoms with van der Waals surface area (Å²) >= 11 is 1.21. The Morgan fingerprint density at radius 3 is 2.47 bits per heavy atom. The summed E-state index contributed by atoms with van der Waals surface area (Å²) in [5.41, 5.74) is 5.36. The van der Waals surface area contributed by atoms with Gasteiger partial charge in [-0.05, 0) is 27.2 Å². The number of aliphatic carboxylic acids is 1. The highest BCUT2D eigenvalue weighted by molar-refractivity contribution is 8.03. The van der Waals surface area contributed by atoms with E-state index < -0.39 is 59.8 Å². The molecule has 0 saturated carbocycles. The number of thioether (sulfide) groups is 1. The zero-order valence-corrected chi connectivity index (χ0v) is 19.0. The molecule has 1 unspecified atom stereocenters. The van der Waals surface area contributed by atoms with Crippen LogP contribution in [0.1, 0.15) is 33.6 Å². The number of fused-ring (bicyclic) bond motifs is 1. The number of carboxylic acids is 1. The molecule has 2 aliphatic rings. The molecule has 0 bridgehead atoms. The zero-order valence-electron chi connectivity index (χ0n) is 18.2. The van der Waals surface area contributed by atoms with Crippen LogP contribution in [0.2, 0.25) is 0 Å². The second-order valence-electron chi connectivity index (χ2n) is 7.94. The van der Waals surface area contributed by atoms with Gasteiger partial charge in [0, 0.05) is 29.5 Å². The quantitative estimate of drug-likeness (QED) is 0.190. The number of rotatable bonds is 11. The molecule has 176 valence electrons. The molecule has 0 aromatic carbocycles. The molecule has 6 N–H and O–H groups in total. The van der Waals surface area contributed by atoms with Crippen LogP contribution in [0.25, 0.3) is 0 Å². The van der Waals surface area contributed by atoms with Crippen LogP contribution in [0.3, 0.4) is 0 Å². The van der Waals surface area contributed by atoms with E-state index in [1.165, 1.54) is 37.4 Å².